The Labute approximate surface area is 131 Å². The lowest BCUT2D eigenvalue weighted by molar-refractivity contribution is -0.119. The summed E-state index contributed by atoms with van der Waals surface area (Å²) in [6.45, 7) is 0.362. The third-order valence-corrected chi connectivity index (χ3v) is 4.77. The molecule has 3 rings (SSSR count). The molecule has 1 aliphatic heterocycles. The third-order valence-electron chi connectivity index (χ3n) is 4.28. The summed E-state index contributed by atoms with van der Waals surface area (Å²) in [7, 11) is 0. The number of carbonyl (C=O) groups excluding carboxylic acids is 1. The van der Waals surface area contributed by atoms with Gasteiger partial charge in [0.25, 0.3) is 0 Å². The van der Waals surface area contributed by atoms with Crippen molar-refractivity contribution < 1.29 is 14.7 Å². The average molecular weight is 353 g/mol. The summed E-state index contributed by atoms with van der Waals surface area (Å²) in [6.07, 6.45) is 1.98. The summed E-state index contributed by atoms with van der Waals surface area (Å²) in [5, 5.41) is 12.4. The maximum absolute atomic E-state index is 11.6. The Kier molecular flexibility index (Phi) is 3.89. The number of fused-ring (bicyclic) bond motifs is 1. The van der Waals surface area contributed by atoms with E-state index >= 15 is 0 Å². The van der Waals surface area contributed by atoms with Crippen molar-refractivity contribution in [3.05, 3.63) is 33.8 Å². The summed E-state index contributed by atoms with van der Waals surface area (Å²) in [4.78, 5) is 24.4. The molecule has 5 nitrogen and oxygen atoms in total. The molecule has 0 bridgehead atoms. The quantitative estimate of drug-likeness (QED) is 0.878. The number of halogens is 1. The molecular weight excluding hydrogens is 336 g/mol. The minimum atomic E-state index is -0.920. The molecule has 2 aliphatic rings. The van der Waals surface area contributed by atoms with Crippen LogP contribution >= 0.6 is 15.9 Å². The first kappa shape index (κ1) is 14.4. The maximum Gasteiger partial charge on any atom is 0.407 e. The number of benzene rings is 1. The normalized spacial score (nSPS) is 23.8. The molecule has 1 aliphatic carbocycles. The van der Waals surface area contributed by atoms with Gasteiger partial charge in [0.1, 0.15) is 0 Å². The van der Waals surface area contributed by atoms with Crippen LogP contribution in [0.5, 0.6) is 0 Å². The molecule has 0 spiro atoms. The highest BCUT2D eigenvalue weighted by Gasteiger charge is 2.34. The van der Waals surface area contributed by atoms with Gasteiger partial charge in [-0.25, -0.2) is 4.79 Å². The summed E-state index contributed by atoms with van der Waals surface area (Å²) < 4.78 is 1.02. The summed E-state index contributed by atoms with van der Waals surface area (Å²) in [6, 6.07) is 5.85. The van der Waals surface area contributed by atoms with Crippen LogP contribution in [-0.4, -0.2) is 34.6 Å². The predicted molar refractivity (Wildman–Crippen MR) is 81.1 cm³/mol. The van der Waals surface area contributed by atoms with Crippen LogP contribution in [0.15, 0.2) is 22.7 Å². The Morgan fingerprint density at radius 3 is 2.86 bits per heavy atom. The molecule has 0 saturated carbocycles. The van der Waals surface area contributed by atoms with E-state index in [0.717, 1.165) is 22.9 Å². The Morgan fingerprint density at radius 1 is 1.38 bits per heavy atom. The van der Waals surface area contributed by atoms with Crippen molar-refractivity contribution in [3.63, 3.8) is 0 Å². The minimum absolute atomic E-state index is 0.0149. The second-order valence-electron chi connectivity index (χ2n) is 5.64. The lowest BCUT2D eigenvalue weighted by Crippen LogP contribution is -2.42. The number of nitrogens with one attached hydrogen (secondary N) is 1. The first-order valence-corrected chi connectivity index (χ1v) is 7.91. The molecule has 2 atom stereocenters. The molecule has 112 valence electrons. The molecule has 6 heteroatoms. The number of carboxylic acid groups (broad SMARTS) is 1. The van der Waals surface area contributed by atoms with E-state index in [0.29, 0.717) is 19.4 Å². The zero-order chi connectivity index (χ0) is 15.0. The standard InChI is InChI=1S/C15H17BrN2O3/c16-10-2-4-12-9(7-10)1-5-13(12)18(15(20)21)8-11-3-6-14(19)17-11/h2,4,7,11,13H,1,3,5-6,8H2,(H,17,19)(H,20,21)/t11-,13?/m0/s1. The van der Waals surface area contributed by atoms with Crippen molar-refractivity contribution >= 4 is 27.9 Å². The monoisotopic (exact) mass is 352 g/mol. The van der Waals surface area contributed by atoms with Crippen LogP contribution in [0.25, 0.3) is 0 Å². The van der Waals surface area contributed by atoms with Gasteiger partial charge in [-0.15, -0.1) is 0 Å². The first-order valence-electron chi connectivity index (χ1n) is 7.12. The predicted octanol–water partition coefficient (Wildman–Crippen LogP) is 2.70. The Hall–Kier alpha value is -1.56. The molecule has 21 heavy (non-hydrogen) atoms. The van der Waals surface area contributed by atoms with E-state index in [2.05, 4.69) is 27.3 Å². The van der Waals surface area contributed by atoms with Crippen LogP contribution < -0.4 is 5.32 Å². The van der Waals surface area contributed by atoms with Gasteiger partial charge in [-0.1, -0.05) is 22.0 Å². The number of aryl methyl sites for hydroxylation is 1. The smallest absolute Gasteiger partial charge is 0.407 e. The summed E-state index contributed by atoms with van der Waals surface area (Å²) >= 11 is 3.45. The van der Waals surface area contributed by atoms with Crippen molar-refractivity contribution in [1.82, 2.24) is 10.2 Å². The molecular formula is C15H17BrN2O3. The Bertz CT molecular complexity index is 590. The highest BCUT2D eigenvalue weighted by molar-refractivity contribution is 9.10. The molecule has 2 amide bonds. The van der Waals surface area contributed by atoms with E-state index in [1.54, 1.807) is 0 Å². The van der Waals surface area contributed by atoms with Gasteiger partial charge in [0, 0.05) is 23.5 Å². The van der Waals surface area contributed by atoms with Crippen LogP contribution in [0, 0.1) is 0 Å². The number of hydrogen-bond acceptors (Lipinski definition) is 2. The highest BCUT2D eigenvalue weighted by atomic mass is 79.9. The van der Waals surface area contributed by atoms with Crippen molar-refractivity contribution in [2.24, 2.45) is 0 Å². The number of hydrogen-bond donors (Lipinski definition) is 2. The molecule has 0 aromatic heterocycles. The fourth-order valence-electron chi connectivity index (χ4n) is 3.28. The number of amides is 2. The van der Waals surface area contributed by atoms with Crippen molar-refractivity contribution in [2.45, 2.75) is 37.8 Å². The molecule has 1 aromatic rings. The lowest BCUT2D eigenvalue weighted by Gasteiger charge is -2.29. The van der Waals surface area contributed by atoms with Crippen LogP contribution in [0.3, 0.4) is 0 Å². The summed E-state index contributed by atoms with van der Waals surface area (Å²) in [5.74, 6) is 0.0149. The van der Waals surface area contributed by atoms with E-state index in [9.17, 15) is 14.7 Å². The lowest BCUT2D eigenvalue weighted by atomic mass is 10.1. The fourth-order valence-corrected chi connectivity index (χ4v) is 3.69. The van der Waals surface area contributed by atoms with Crippen LogP contribution in [0.4, 0.5) is 4.79 Å². The maximum atomic E-state index is 11.6. The minimum Gasteiger partial charge on any atom is -0.465 e. The van der Waals surface area contributed by atoms with Crippen LogP contribution in [0.2, 0.25) is 0 Å². The van der Waals surface area contributed by atoms with Crippen molar-refractivity contribution in [2.75, 3.05) is 6.54 Å². The van der Waals surface area contributed by atoms with Crippen molar-refractivity contribution in [1.29, 1.82) is 0 Å². The second-order valence-corrected chi connectivity index (χ2v) is 6.55. The van der Waals surface area contributed by atoms with E-state index in [4.69, 9.17) is 0 Å². The fraction of sp³-hybridized carbons (Fsp3) is 0.467. The third kappa shape index (κ3) is 2.90. The van der Waals surface area contributed by atoms with Gasteiger partial charge in [0.15, 0.2) is 0 Å². The van der Waals surface area contributed by atoms with Gasteiger partial charge < -0.3 is 10.4 Å². The van der Waals surface area contributed by atoms with Gasteiger partial charge in [-0.2, -0.15) is 0 Å². The SMILES string of the molecule is O=C1CC[C@@H](CN(C(=O)O)C2CCc3cc(Br)ccc32)N1. The highest BCUT2D eigenvalue weighted by Crippen LogP contribution is 2.37. The molecule has 2 N–H and O–H groups in total. The number of carbonyl (C=O) groups is 2. The largest absolute Gasteiger partial charge is 0.465 e. The Balaban J connectivity index is 1.80. The van der Waals surface area contributed by atoms with E-state index < -0.39 is 6.09 Å². The van der Waals surface area contributed by atoms with Gasteiger partial charge in [-0.05, 0) is 42.5 Å². The van der Waals surface area contributed by atoms with Gasteiger partial charge in [-0.3, -0.25) is 9.69 Å². The van der Waals surface area contributed by atoms with E-state index in [-0.39, 0.29) is 18.0 Å². The molecule has 1 unspecified atom stereocenters. The topological polar surface area (TPSA) is 69.6 Å². The summed E-state index contributed by atoms with van der Waals surface area (Å²) in [5.41, 5.74) is 2.29. The zero-order valence-corrected chi connectivity index (χ0v) is 13.1. The average Bonchev–Trinajstić information content (AvgIpc) is 3.01. The second kappa shape index (κ2) is 5.67. The van der Waals surface area contributed by atoms with Gasteiger partial charge in [0.05, 0.1) is 6.04 Å². The van der Waals surface area contributed by atoms with Gasteiger partial charge in [0.2, 0.25) is 5.91 Å². The van der Waals surface area contributed by atoms with E-state index in [1.165, 1.54) is 10.5 Å². The molecule has 1 fully saturated rings. The number of nitrogens with zero attached hydrogens (tertiary/aromatic N) is 1. The van der Waals surface area contributed by atoms with Gasteiger partial charge >= 0.3 is 6.09 Å². The molecule has 1 aromatic carbocycles. The molecule has 0 radical (unpaired) electrons. The molecule has 1 heterocycles. The zero-order valence-electron chi connectivity index (χ0n) is 11.5. The first-order chi connectivity index (χ1) is 10.0. The van der Waals surface area contributed by atoms with Crippen LogP contribution in [-0.2, 0) is 11.2 Å². The van der Waals surface area contributed by atoms with Crippen LogP contribution in [0.1, 0.15) is 36.4 Å². The van der Waals surface area contributed by atoms with Crippen molar-refractivity contribution in [3.8, 4) is 0 Å². The number of rotatable bonds is 3. The molecule has 1 saturated heterocycles. The Morgan fingerprint density at radius 2 is 2.19 bits per heavy atom. The van der Waals surface area contributed by atoms with E-state index in [1.807, 2.05) is 12.1 Å².